The lowest BCUT2D eigenvalue weighted by Crippen LogP contribution is -2.60. The average molecular weight is 846 g/mol. The van der Waals surface area contributed by atoms with E-state index >= 15 is 0 Å². The van der Waals surface area contributed by atoms with Crippen molar-refractivity contribution in [3.63, 3.8) is 0 Å². The molecule has 1 unspecified atom stereocenters. The second-order valence-corrected chi connectivity index (χ2v) is 21.3. The summed E-state index contributed by atoms with van der Waals surface area (Å²) in [5.41, 5.74) is 0.702. The predicted octanol–water partition coefficient (Wildman–Crippen LogP) is 5.04. The molecule has 0 aromatic heterocycles. The van der Waals surface area contributed by atoms with E-state index in [9.17, 15) is 29.1 Å². The predicted molar refractivity (Wildman–Crippen MR) is 236 cm³/mol. The second-order valence-electron chi connectivity index (χ2n) is 18.0. The van der Waals surface area contributed by atoms with Crippen LogP contribution in [0.3, 0.4) is 0 Å². The van der Waals surface area contributed by atoms with Crippen molar-refractivity contribution in [2.24, 2.45) is 23.7 Å². The molecule has 14 heteroatoms. The lowest BCUT2D eigenvalue weighted by Gasteiger charge is -2.41. The number of aliphatic hydroxyl groups excluding tert-OH is 1. The number of benzene rings is 1. The van der Waals surface area contributed by atoms with E-state index in [-0.39, 0.29) is 59.8 Å². The van der Waals surface area contributed by atoms with Crippen molar-refractivity contribution in [1.82, 2.24) is 25.3 Å². The maximum Gasteiger partial charge on any atom is 0.245 e. The molecule has 0 saturated carbocycles. The number of nitrogens with one attached hydrogen (secondary N) is 2. The summed E-state index contributed by atoms with van der Waals surface area (Å²) in [6.07, 6.45) is 1.14. The SMILES string of the molecule is CC[C@@H](C)[C@H]([C@H](CC(=O)N1CCC[C@@H]1[C@@H](OC)[C@H](C)C(=O)N[C@@H](C)[C@H](O)c1ccccc1)OC)N(C)C(=O)C(NC(=O)[C@@H](C(C)C)N(C)C(=O)CCC[SiH](C)C)C(C)C. The van der Waals surface area contributed by atoms with Crippen LogP contribution in [-0.2, 0) is 33.4 Å². The molecule has 336 valence electrons. The van der Waals surface area contributed by atoms with Gasteiger partial charge < -0.3 is 39.9 Å². The Morgan fingerprint density at radius 1 is 0.898 bits per heavy atom. The van der Waals surface area contributed by atoms with Crippen LogP contribution in [0.4, 0.5) is 0 Å². The Balaban J connectivity index is 2.26. The Bertz CT molecular complexity index is 1480. The number of hydrogen-bond donors (Lipinski definition) is 3. The van der Waals surface area contributed by atoms with E-state index in [4.69, 9.17) is 9.47 Å². The molecule has 1 aliphatic rings. The molecule has 1 aromatic rings. The molecule has 0 bridgehead atoms. The highest BCUT2D eigenvalue weighted by atomic mass is 28.3. The van der Waals surface area contributed by atoms with E-state index in [0.717, 1.165) is 18.9 Å². The normalized spacial score (nSPS) is 19.0. The van der Waals surface area contributed by atoms with Gasteiger partial charge in [0.2, 0.25) is 29.5 Å². The fourth-order valence-corrected chi connectivity index (χ4v) is 9.59. The molecule has 1 saturated heterocycles. The molecule has 1 heterocycles. The van der Waals surface area contributed by atoms with Crippen molar-refractivity contribution in [3.8, 4) is 0 Å². The summed E-state index contributed by atoms with van der Waals surface area (Å²) in [6.45, 7) is 20.2. The molecule has 2 rings (SSSR count). The lowest BCUT2D eigenvalue weighted by atomic mass is 9.89. The van der Waals surface area contributed by atoms with Gasteiger partial charge in [0.25, 0.3) is 0 Å². The first-order valence-corrected chi connectivity index (χ1v) is 25.1. The summed E-state index contributed by atoms with van der Waals surface area (Å²) in [7, 11) is 5.68. The quantitative estimate of drug-likeness (QED) is 0.122. The molecule has 0 radical (unpaired) electrons. The van der Waals surface area contributed by atoms with Gasteiger partial charge in [-0.3, -0.25) is 24.0 Å². The van der Waals surface area contributed by atoms with Gasteiger partial charge in [0, 0.05) is 50.1 Å². The summed E-state index contributed by atoms with van der Waals surface area (Å²) in [6, 6.07) is 7.19. The molecule has 1 aliphatic heterocycles. The molecule has 0 aliphatic carbocycles. The van der Waals surface area contributed by atoms with Crippen LogP contribution in [0, 0.1) is 23.7 Å². The van der Waals surface area contributed by atoms with Gasteiger partial charge in [-0.05, 0) is 49.5 Å². The van der Waals surface area contributed by atoms with Gasteiger partial charge in [-0.15, -0.1) is 0 Å². The first kappa shape index (κ1) is 51.8. The fourth-order valence-electron chi connectivity index (χ4n) is 8.57. The monoisotopic (exact) mass is 846 g/mol. The Morgan fingerprint density at radius 3 is 2.05 bits per heavy atom. The summed E-state index contributed by atoms with van der Waals surface area (Å²) in [4.78, 5) is 74.4. The maximum atomic E-state index is 14.5. The molecule has 0 spiro atoms. The van der Waals surface area contributed by atoms with Gasteiger partial charge in [0.15, 0.2) is 0 Å². The van der Waals surface area contributed by atoms with Crippen molar-refractivity contribution >= 4 is 38.3 Å². The van der Waals surface area contributed by atoms with Crippen LogP contribution in [0.25, 0.3) is 0 Å². The highest BCUT2D eigenvalue weighted by Crippen LogP contribution is 2.30. The van der Waals surface area contributed by atoms with E-state index in [1.54, 1.807) is 52.0 Å². The van der Waals surface area contributed by atoms with Gasteiger partial charge in [0.05, 0.1) is 48.8 Å². The molecule has 3 N–H and O–H groups in total. The van der Waals surface area contributed by atoms with Crippen LogP contribution in [0.1, 0.15) is 106 Å². The third-order valence-corrected chi connectivity index (χ3v) is 13.9. The minimum absolute atomic E-state index is 0.00271. The molecule has 5 amide bonds. The number of carbonyl (C=O) groups is 5. The molecule has 1 fully saturated rings. The third-order valence-electron chi connectivity index (χ3n) is 12.4. The zero-order valence-electron chi connectivity index (χ0n) is 38.7. The average Bonchev–Trinajstić information content (AvgIpc) is 3.68. The number of nitrogens with zero attached hydrogens (tertiary/aromatic N) is 3. The Morgan fingerprint density at radius 2 is 1.53 bits per heavy atom. The van der Waals surface area contributed by atoms with Crippen LogP contribution < -0.4 is 10.6 Å². The zero-order valence-corrected chi connectivity index (χ0v) is 39.9. The Kier molecular flexibility index (Phi) is 21.8. The van der Waals surface area contributed by atoms with Gasteiger partial charge in [-0.2, -0.15) is 0 Å². The Labute approximate surface area is 357 Å². The number of ether oxygens (including phenoxy) is 2. The van der Waals surface area contributed by atoms with Crippen molar-refractivity contribution in [2.75, 3.05) is 34.9 Å². The van der Waals surface area contributed by atoms with E-state index in [0.29, 0.717) is 31.4 Å². The first-order valence-electron chi connectivity index (χ1n) is 21.9. The van der Waals surface area contributed by atoms with Crippen molar-refractivity contribution in [3.05, 3.63) is 35.9 Å². The number of hydrogen-bond acceptors (Lipinski definition) is 8. The summed E-state index contributed by atoms with van der Waals surface area (Å²) in [5.74, 6) is -2.31. The molecule has 59 heavy (non-hydrogen) atoms. The Hall–Kier alpha value is -3.33. The minimum Gasteiger partial charge on any atom is -0.386 e. The summed E-state index contributed by atoms with van der Waals surface area (Å²) in [5, 5.41) is 16.8. The van der Waals surface area contributed by atoms with Crippen molar-refractivity contribution < 1.29 is 38.6 Å². The minimum atomic E-state index is -0.890. The largest absolute Gasteiger partial charge is 0.386 e. The van der Waals surface area contributed by atoms with Crippen LogP contribution in [-0.4, -0.2) is 135 Å². The molecular formula is C45H79N5O8Si. The molecule has 10 atom stereocenters. The van der Waals surface area contributed by atoms with Crippen molar-refractivity contribution in [2.45, 2.75) is 162 Å². The second kappa shape index (κ2) is 24.8. The molecule has 1 aromatic carbocycles. The fraction of sp³-hybridized carbons (Fsp3) is 0.756. The third kappa shape index (κ3) is 14.4. The van der Waals surface area contributed by atoms with Crippen LogP contribution in [0.5, 0.6) is 0 Å². The number of carbonyl (C=O) groups excluding carboxylic acids is 5. The number of amides is 5. The topological polar surface area (TPSA) is 158 Å². The van der Waals surface area contributed by atoms with Crippen LogP contribution in [0.2, 0.25) is 19.1 Å². The highest BCUT2D eigenvalue weighted by Gasteiger charge is 2.43. The standard InChI is InChI=1S/C45H79N5O8Si/c1-15-30(6)40(49(10)45(56)38(28(2)3)47-44(55)39(29(4)5)48(9)36(51)24-20-26-59(13)14)35(57-11)27-37(52)50-25-19-23-34(50)42(58-12)31(7)43(54)46-32(8)41(53)33-21-17-16-18-22-33/h16-18,21-22,28-32,34-35,38-42,53,59H,15,19-20,23-27H2,1-14H3,(H,46,54)(H,47,55)/t30-,31+,32+,34-,35+,38?,39-,40-,41+,42+/m1/s1. The number of rotatable bonds is 24. The van der Waals surface area contributed by atoms with Crippen LogP contribution in [0.15, 0.2) is 30.3 Å². The summed E-state index contributed by atoms with van der Waals surface area (Å²) >= 11 is 0. The smallest absolute Gasteiger partial charge is 0.245 e. The van der Waals surface area contributed by atoms with Gasteiger partial charge >= 0.3 is 0 Å². The highest BCUT2D eigenvalue weighted by molar-refractivity contribution is 6.55. The summed E-state index contributed by atoms with van der Waals surface area (Å²) < 4.78 is 12.0. The molecular weight excluding hydrogens is 767 g/mol. The van der Waals surface area contributed by atoms with Gasteiger partial charge in [-0.1, -0.05) is 104 Å². The number of likely N-dealkylation sites (N-methyl/N-ethyl adjacent to an activating group) is 2. The van der Waals surface area contributed by atoms with E-state index in [1.165, 1.54) is 4.90 Å². The maximum absolute atomic E-state index is 14.5. The zero-order chi connectivity index (χ0) is 44.7. The van der Waals surface area contributed by atoms with Gasteiger partial charge in [-0.25, -0.2) is 0 Å². The number of likely N-dealkylation sites (tertiary alicyclic amines) is 1. The molecule has 13 nitrogen and oxygen atoms in total. The van der Waals surface area contributed by atoms with E-state index in [1.807, 2.05) is 71.9 Å². The first-order chi connectivity index (χ1) is 27.7. The number of aliphatic hydroxyl groups is 1. The van der Waals surface area contributed by atoms with Crippen molar-refractivity contribution in [1.29, 1.82) is 0 Å². The van der Waals surface area contributed by atoms with E-state index in [2.05, 4.69) is 23.7 Å². The van der Waals surface area contributed by atoms with E-state index < -0.39 is 57.2 Å². The lowest BCUT2D eigenvalue weighted by molar-refractivity contribution is -0.148. The van der Waals surface area contributed by atoms with Crippen LogP contribution >= 0.6 is 0 Å². The number of methoxy groups -OCH3 is 2. The van der Waals surface area contributed by atoms with Gasteiger partial charge in [0.1, 0.15) is 12.1 Å².